The molecule has 3 aromatic carbocycles. The number of amides is 1. The summed E-state index contributed by atoms with van der Waals surface area (Å²) in [5.41, 5.74) is 4.59. The Morgan fingerprint density at radius 3 is 2.57 bits per heavy atom. The van der Waals surface area contributed by atoms with Gasteiger partial charge in [0.15, 0.2) is 0 Å². The van der Waals surface area contributed by atoms with E-state index in [-0.39, 0.29) is 5.91 Å². The van der Waals surface area contributed by atoms with Crippen LogP contribution in [0.15, 0.2) is 66.7 Å². The topological polar surface area (TPSA) is 29.5 Å². The van der Waals surface area contributed by atoms with E-state index < -0.39 is 0 Å². The molecule has 0 unspecified atom stereocenters. The van der Waals surface area contributed by atoms with Gasteiger partial charge in [0, 0.05) is 21.3 Å². The zero-order chi connectivity index (χ0) is 21.1. The number of carbonyl (C=O) groups is 1. The highest BCUT2D eigenvalue weighted by molar-refractivity contribution is 14.1. The molecule has 0 radical (unpaired) electrons. The second-order valence-corrected chi connectivity index (χ2v) is 8.79. The summed E-state index contributed by atoms with van der Waals surface area (Å²) >= 11 is 8.75. The smallest absolute Gasteiger partial charge is 0.258 e. The molecule has 3 nitrogen and oxygen atoms in total. The van der Waals surface area contributed by atoms with Crippen LogP contribution in [-0.4, -0.2) is 12.5 Å². The average molecular weight is 530 g/mol. The summed E-state index contributed by atoms with van der Waals surface area (Å²) in [6, 6.07) is 21.7. The molecule has 0 N–H and O–H groups in total. The van der Waals surface area contributed by atoms with Crippen molar-refractivity contribution in [2.45, 2.75) is 20.0 Å². The molecule has 0 saturated heterocycles. The van der Waals surface area contributed by atoms with E-state index in [1.807, 2.05) is 65.6 Å². The maximum Gasteiger partial charge on any atom is 0.258 e. The third kappa shape index (κ3) is 4.40. The molecule has 0 aliphatic carbocycles. The fourth-order valence-electron chi connectivity index (χ4n) is 3.52. The normalized spacial score (nSPS) is 14.3. The van der Waals surface area contributed by atoms with Gasteiger partial charge in [-0.15, -0.1) is 0 Å². The number of ether oxygens (including phenoxy) is 1. The van der Waals surface area contributed by atoms with Gasteiger partial charge in [-0.25, -0.2) is 0 Å². The van der Waals surface area contributed by atoms with Crippen molar-refractivity contribution in [2.75, 3.05) is 11.4 Å². The first kappa shape index (κ1) is 20.9. The summed E-state index contributed by atoms with van der Waals surface area (Å²) in [5, 5.41) is 0.527. The molecule has 0 fully saturated rings. The van der Waals surface area contributed by atoms with Gasteiger partial charge in [-0.3, -0.25) is 4.79 Å². The summed E-state index contributed by atoms with van der Waals surface area (Å²) in [5.74, 6) is 0.663. The van der Waals surface area contributed by atoms with Gasteiger partial charge in [-0.05, 0) is 76.5 Å². The molecule has 4 rings (SSSR count). The standard InChI is InChI=1S/C25H21ClINO2/c1-2-13-28-23-6-4-3-5-20(23)21(25(28)29)14-18-9-12-24(22(26)15-18)30-16-17-7-10-19(27)11-8-17/h3-12,14-15H,2,13,16H2,1H3/b21-14-. The highest BCUT2D eigenvalue weighted by atomic mass is 127. The van der Waals surface area contributed by atoms with Gasteiger partial charge in [-0.1, -0.05) is 54.9 Å². The minimum Gasteiger partial charge on any atom is -0.487 e. The number of halogens is 2. The molecule has 1 heterocycles. The van der Waals surface area contributed by atoms with Gasteiger partial charge in [0.2, 0.25) is 0 Å². The first-order valence-electron chi connectivity index (χ1n) is 9.86. The van der Waals surface area contributed by atoms with Crippen LogP contribution in [0.2, 0.25) is 5.02 Å². The van der Waals surface area contributed by atoms with E-state index in [0.29, 0.717) is 29.5 Å². The third-order valence-electron chi connectivity index (χ3n) is 4.98. The molecule has 0 spiro atoms. The quantitative estimate of drug-likeness (QED) is 0.259. The van der Waals surface area contributed by atoms with Crippen LogP contribution < -0.4 is 9.64 Å². The van der Waals surface area contributed by atoms with E-state index in [9.17, 15) is 4.79 Å². The Kier molecular flexibility index (Phi) is 6.44. The van der Waals surface area contributed by atoms with Crippen molar-refractivity contribution < 1.29 is 9.53 Å². The van der Waals surface area contributed by atoms with Crippen molar-refractivity contribution in [3.05, 3.63) is 92.0 Å². The molecule has 152 valence electrons. The van der Waals surface area contributed by atoms with Crippen LogP contribution in [0.3, 0.4) is 0 Å². The molecule has 3 aromatic rings. The molecule has 30 heavy (non-hydrogen) atoms. The van der Waals surface area contributed by atoms with E-state index in [1.54, 1.807) is 0 Å². The Morgan fingerprint density at radius 2 is 1.83 bits per heavy atom. The summed E-state index contributed by atoms with van der Waals surface area (Å²) in [4.78, 5) is 14.8. The van der Waals surface area contributed by atoms with Crippen LogP contribution in [0.25, 0.3) is 11.6 Å². The van der Waals surface area contributed by atoms with Crippen LogP contribution in [0.1, 0.15) is 30.0 Å². The van der Waals surface area contributed by atoms with Crippen molar-refractivity contribution in [2.24, 2.45) is 0 Å². The van der Waals surface area contributed by atoms with E-state index in [2.05, 4.69) is 41.6 Å². The lowest BCUT2D eigenvalue weighted by Gasteiger charge is -2.15. The number of benzene rings is 3. The minimum absolute atomic E-state index is 0.0354. The minimum atomic E-state index is 0.0354. The molecule has 1 aliphatic heterocycles. The predicted molar refractivity (Wildman–Crippen MR) is 132 cm³/mol. The van der Waals surface area contributed by atoms with Crippen LogP contribution in [0.5, 0.6) is 5.75 Å². The van der Waals surface area contributed by atoms with Crippen molar-refractivity contribution >= 4 is 57.4 Å². The van der Waals surface area contributed by atoms with Crippen LogP contribution in [-0.2, 0) is 11.4 Å². The molecule has 1 aliphatic rings. The van der Waals surface area contributed by atoms with Gasteiger partial charge < -0.3 is 9.64 Å². The summed E-state index contributed by atoms with van der Waals surface area (Å²) < 4.78 is 7.07. The van der Waals surface area contributed by atoms with Crippen LogP contribution in [0.4, 0.5) is 5.69 Å². The number of hydrogen-bond donors (Lipinski definition) is 0. The summed E-state index contributed by atoms with van der Waals surface area (Å²) in [6.07, 6.45) is 2.82. The first-order chi connectivity index (χ1) is 14.6. The SMILES string of the molecule is CCCN1C(=O)/C(=C\c2ccc(OCc3ccc(I)cc3)c(Cl)c2)c2ccccc21. The lowest BCUT2D eigenvalue weighted by molar-refractivity contribution is -0.113. The van der Waals surface area contributed by atoms with Gasteiger partial charge in [0.05, 0.1) is 10.7 Å². The van der Waals surface area contributed by atoms with E-state index in [1.165, 1.54) is 3.57 Å². The zero-order valence-electron chi connectivity index (χ0n) is 16.6. The molecule has 0 saturated carbocycles. The number of rotatable bonds is 6. The lowest BCUT2D eigenvalue weighted by atomic mass is 10.0. The second-order valence-electron chi connectivity index (χ2n) is 7.14. The Morgan fingerprint density at radius 1 is 1.07 bits per heavy atom. The Bertz CT molecular complexity index is 1110. The van der Waals surface area contributed by atoms with Crippen molar-refractivity contribution in [1.82, 2.24) is 0 Å². The maximum absolute atomic E-state index is 13.0. The monoisotopic (exact) mass is 529 g/mol. The Hall–Kier alpha value is -2.31. The molecule has 5 heteroatoms. The maximum atomic E-state index is 13.0. The molecular weight excluding hydrogens is 509 g/mol. The van der Waals surface area contributed by atoms with E-state index in [4.69, 9.17) is 16.3 Å². The zero-order valence-corrected chi connectivity index (χ0v) is 19.5. The number of para-hydroxylation sites is 1. The van der Waals surface area contributed by atoms with Gasteiger partial charge in [0.25, 0.3) is 5.91 Å². The van der Waals surface area contributed by atoms with Crippen molar-refractivity contribution in [3.8, 4) is 5.75 Å². The average Bonchev–Trinajstić information content (AvgIpc) is 3.01. The van der Waals surface area contributed by atoms with Crippen LogP contribution >= 0.6 is 34.2 Å². The highest BCUT2D eigenvalue weighted by Crippen LogP contribution is 2.38. The van der Waals surface area contributed by atoms with Crippen molar-refractivity contribution in [3.63, 3.8) is 0 Å². The lowest BCUT2D eigenvalue weighted by Crippen LogP contribution is -2.26. The largest absolute Gasteiger partial charge is 0.487 e. The molecule has 0 bridgehead atoms. The highest BCUT2D eigenvalue weighted by Gasteiger charge is 2.31. The summed E-state index contributed by atoms with van der Waals surface area (Å²) in [7, 11) is 0. The predicted octanol–water partition coefficient (Wildman–Crippen LogP) is 6.82. The fourth-order valence-corrected chi connectivity index (χ4v) is 4.13. The van der Waals surface area contributed by atoms with E-state index in [0.717, 1.165) is 28.8 Å². The number of hydrogen-bond acceptors (Lipinski definition) is 2. The van der Waals surface area contributed by atoms with Gasteiger partial charge >= 0.3 is 0 Å². The third-order valence-corrected chi connectivity index (χ3v) is 6.00. The van der Waals surface area contributed by atoms with Crippen LogP contribution in [0, 0.1) is 3.57 Å². The fraction of sp³-hybridized carbons (Fsp3) is 0.160. The Balaban J connectivity index is 1.56. The molecule has 0 atom stereocenters. The first-order valence-corrected chi connectivity index (χ1v) is 11.3. The molecular formula is C25H21ClINO2. The van der Waals surface area contributed by atoms with Gasteiger partial charge in [0.1, 0.15) is 12.4 Å². The molecule has 1 amide bonds. The number of anilines is 1. The number of fused-ring (bicyclic) bond motifs is 1. The Labute approximate surface area is 195 Å². The molecule has 0 aromatic heterocycles. The summed E-state index contributed by atoms with van der Waals surface area (Å²) in [6.45, 7) is 3.24. The second kappa shape index (κ2) is 9.23. The van der Waals surface area contributed by atoms with E-state index >= 15 is 0 Å². The number of carbonyl (C=O) groups excluding carboxylic acids is 1. The number of nitrogens with zero attached hydrogens (tertiary/aromatic N) is 1. The van der Waals surface area contributed by atoms with Gasteiger partial charge in [-0.2, -0.15) is 0 Å². The van der Waals surface area contributed by atoms with Crippen molar-refractivity contribution in [1.29, 1.82) is 0 Å².